The molecule has 68 valence electrons. The van der Waals surface area contributed by atoms with Crippen molar-refractivity contribution in [2.45, 2.75) is 0 Å². The third-order valence-electron chi connectivity index (χ3n) is 1.76. The van der Waals surface area contributed by atoms with Crippen molar-refractivity contribution in [2.75, 3.05) is 0 Å². The summed E-state index contributed by atoms with van der Waals surface area (Å²) in [5, 5.41) is 0.773. The van der Waals surface area contributed by atoms with Crippen molar-refractivity contribution in [3.63, 3.8) is 0 Å². The molecular formula is C8H6Cl2N2O. The van der Waals surface area contributed by atoms with Gasteiger partial charge in [-0.3, -0.25) is 0 Å². The van der Waals surface area contributed by atoms with Gasteiger partial charge in [0.2, 0.25) is 5.28 Å². The molecule has 0 unspecified atom stereocenters. The van der Waals surface area contributed by atoms with Crippen molar-refractivity contribution in [1.29, 1.82) is 0 Å². The van der Waals surface area contributed by atoms with E-state index in [1.165, 1.54) is 0 Å². The third-order valence-corrected chi connectivity index (χ3v) is 2.31. The van der Waals surface area contributed by atoms with E-state index in [0.717, 1.165) is 5.69 Å². The first-order valence-corrected chi connectivity index (χ1v) is 4.37. The van der Waals surface area contributed by atoms with Crippen molar-refractivity contribution in [2.24, 2.45) is 7.05 Å². The molecule has 0 saturated carbocycles. The van der Waals surface area contributed by atoms with Crippen LogP contribution in [0.2, 0.25) is 10.5 Å². The molecule has 0 fully saturated rings. The zero-order valence-corrected chi connectivity index (χ0v) is 8.30. The van der Waals surface area contributed by atoms with E-state index < -0.39 is 0 Å². The molecule has 0 spiro atoms. The van der Waals surface area contributed by atoms with E-state index in [4.69, 9.17) is 27.6 Å². The number of rotatable bonds is 1. The number of aromatic nitrogens is 2. The highest BCUT2D eigenvalue weighted by atomic mass is 35.5. The first-order chi connectivity index (χ1) is 6.18. The van der Waals surface area contributed by atoms with Gasteiger partial charge in [0.15, 0.2) is 11.0 Å². The van der Waals surface area contributed by atoms with Gasteiger partial charge in [0.05, 0.1) is 6.20 Å². The van der Waals surface area contributed by atoms with Crippen LogP contribution in [0.4, 0.5) is 0 Å². The molecule has 3 nitrogen and oxygen atoms in total. The number of imidazole rings is 1. The van der Waals surface area contributed by atoms with Crippen molar-refractivity contribution >= 4 is 23.2 Å². The highest BCUT2D eigenvalue weighted by Gasteiger charge is 2.09. The summed E-state index contributed by atoms with van der Waals surface area (Å²) in [5.41, 5.74) is 0.803. The molecule has 0 aliphatic rings. The maximum Gasteiger partial charge on any atom is 0.202 e. The largest absolute Gasteiger partial charge is 0.443 e. The van der Waals surface area contributed by atoms with Gasteiger partial charge in [-0.05, 0) is 35.3 Å². The van der Waals surface area contributed by atoms with Crippen molar-refractivity contribution < 1.29 is 4.42 Å². The Morgan fingerprint density at radius 2 is 2.15 bits per heavy atom. The average Bonchev–Trinajstić information content (AvgIpc) is 2.62. The zero-order valence-electron chi connectivity index (χ0n) is 6.79. The molecule has 2 rings (SSSR count). The van der Waals surface area contributed by atoms with Crippen LogP contribution >= 0.6 is 23.2 Å². The molecule has 5 heteroatoms. The molecule has 2 heterocycles. The van der Waals surface area contributed by atoms with E-state index in [9.17, 15) is 0 Å². The predicted molar refractivity (Wildman–Crippen MR) is 50.9 cm³/mol. The van der Waals surface area contributed by atoms with E-state index in [0.29, 0.717) is 16.3 Å². The van der Waals surface area contributed by atoms with Gasteiger partial charge in [0, 0.05) is 7.05 Å². The van der Waals surface area contributed by atoms with Crippen molar-refractivity contribution in [1.82, 2.24) is 9.55 Å². The summed E-state index contributed by atoms with van der Waals surface area (Å²) in [6.07, 6.45) is 1.64. The fourth-order valence-corrected chi connectivity index (χ4v) is 1.35. The van der Waals surface area contributed by atoms with Gasteiger partial charge in [-0.2, -0.15) is 0 Å². The van der Waals surface area contributed by atoms with Crippen LogP contribution in [0.1, 0.15) is 0 Å². The third kappa shape index (κ3) is 1.45. The Morgan fingerprint density at radius 1 is 1.38 bits per heavy atom. The van der Waals surface area contributed by atoms with Gasteiger partial charge in [0.1, 0.15) is 5.69 Å². The van der Waals surface area contributed by atoms with E-state index in [-0.39, 0.29) is 0 Å². The standard InChI is InChI=1S/C8H6Cl2N2O/c1-12-5(4-11-8(12)10)6-2-3-7(9)13-6/h2-4H,1H3. The Morgan fingerprint density at radius 3 is 2.62 bits per heavy atom. The molecule has 0 radical (unpaired) electrons. The van der Waals surface area contributed by atoms with Crippen LogP contribution in [0.3, 0.4) is 0 Å². The fourth-order valence-electron chi connectivity index (χ4n) is 1.07. The summed E-state index contributed by atoms with van der Waals surface area (Å²) in [5.74, 6) is 0.659. The van der Waals surface area contributed by atoms with Gasteiger partial charge in [-0.1, -0.05) is 0 Å². The van der Waals surface area contributed by atoms with E-state index in [2.05, 4.69) is 4.98 Å². The van der Waals surface area contributed by atoms with Gasteiger partial charge in [-0.25, -0.2) is 4.98 Å². The number of nitrogens with zero attached hydrogens (tertiary/aromatic N) is 2. The lowest BCUT2D eigenvalue weighted by Crippen LogP contribution is -1.89. The lowest BCUT2D eigenvalue weighted by atomic mass is 10.3. The first-order valence-electron chi connectivity index (χ1n) is 3.61. The maximum absolute atomic E-state index is 5.76. The van der Waals surface area contributed by atoms with Crippen LogP contribution in [0.25, 0.3) is 11.5 Å². The summed E-state index contributed by atoms with van der Waals surface area (Å²) in [7, 11) is 1.81. The lowest BCUT2D eigenvalue weighted by Gasteiger charge is -1.97. The van der Waals surface area contributed by atoms with E-state index in [1.807, 2.05) is 0 Å². The first kappa shape index (κ1) is 8.66. The van der Waals surface area contributed by atoms with Crippen LogP contribution < -0.4 is 0 Å². The Hall–Kier alpha value is -0.930. The topological polar surface area (TPSA) is 31.0 Å². The predicted octanol–water partition coefficient (Wildman–Crippen LogP) is 2.99. The Labute approximate surface area is 84.9 Å². The van der Waals surface area contributed by atoms with Gasteiger partial charge < -0.3 is 8.98 Å². The molecule has 0 aliphatic carbocycles. The number of hydrogen-bond donors (Lipinski definition) is 0. The van der Waals surface area contributed by atoms with Crippen LogP contribution in [0.15, 0.2) is 22.7 Å². The Kier molecular flexibility index (Phi) is 2.06. The molecule has 2 aromatic heterocycles. The molecule has 0 atom stereocenters. The second-order valence-corrected chi connectivity index (χ2v) is 3.29. The molecule has 0 N–H and O–H groups in total. The molecule has 0 bridgehead atoms. The summed E-state index contributed by atoms with van der Waals surface area (Å²) in [4.78, 5) is 3.93. The van der Waals surface area contributed by atoms with Crippen LogP contribution in [-0.4, -0.2) is 9.55 Å². The minimum absolute atomic E-state index is 0.354. The smallest absolute Gasteiger partial charge is 0.202 e. The minimum Gasteiger partial charge on any atom is -0.443 e. The summed E-state index contributed by atoms with van der Waals surface area (Å²) in [6, 6.07) is 3.45. The van der Waals surface area contributed by atoms with Crippen molar-refractivity contribution in [3.8, 4) is 11.5 Å². The van der Waals surface area contributed by atoms with Gasteiger partial charge >= 0.3 is 0 Å². The number of furan rings is 1. The molecule has 0 saturated heterocycles. The average molecular weight is 217 g/mol. The normalized spacial score (nSPS) is 10.7. The highest BCUT2D eigenvalue weighted by Crippen LogP contribution is 2.25. The maximum atomic E-state index is 5.76. The SMILES string of the molecule is Cn1c(-c2ccc(Cl)o2)cnc1Cl. The van der Waals surface area contributed by atoms with E-state index in [1.54, 1.807) is 29.9 Å². The number of halogens is 2. The zero-order chi connectivity index (χ0) is 9.42. The minimum atomic E-state index is 0.354. The molecule has 0 aromatic carbocycles. The molecule has 0 aliphatic heterocycles. The Bertz CT molecular complexity index is 433. The van der Waals surface area contributed by atoms with E-state index >= 15 is 0 Å². The highest BCUT2D eigenvalue weighted by molar-refractivity contribution is 6.29. The lowest BCUT2D eigenvalue weighted by molar-refractivity contribution is 0.579. The molecular weight excluding hydrogens is 211 g/mol. The van der Waals surface area contributed by atoms with Crippen LogP contribution in [-0.2, 0) is 7.05 Å². The summed E-state index contributed by atoms with van der Waals surface area (Å²) >= 11 is 11.4. The van der Waals surface area contributed by atoms with Gasteiger partial charge in [-0.15, -0.1) is 0 Å². The van der Waals surface area contributed by atoms with Crippen LogP contribution in [0.5, 0.6) is 0 Å². The monoisotopic (exact) mass is 216 g/mol. The molecule has 0 amide bonds. The fraction of sp³-hybridized carbons (Fsp3) is 0.125. The van der Waals surface area contributed by atoms with Gasteiger partial charge in [0.25, 0.3) is 0 Å². The quantitative estimate of drug-likeness (QED) is 0.735. The summed E-state index contributed by atoms with van der Waals surface area (Å²) in [6.45, 7) is 0. The second kappa shape index (κ2) is 3.09. The second-order valence-electron chi connectivity index (χ2n) is 2.58. The Balaban J connectivity index is 2.52. The van der Waals surface area contributed by atoms with Crippen LogP contribution in [0, 0.1) is 0 Å². The molecule has 13 heavy (non-hydrogen) atoms. The number of hydrogen-bond acceptors (Lipinski definition) is 2. The van der Waals surface area contributed by atoms with Crippen molar-refractivity contribution in [3.05, 3.63) is 28.8 Å². The summed E-state index contributed by atoms with van der Waals surface area (Å²) < 4.78 is 6.93. The molecule has 2 aromatic rings.